The Morgan fingerprint density at radius 2 is 2.00 bits per heavy atom. The van der Waals surface area contributed by atoms with Crippen molar-refractivity contribution in [3.8, 4) is 0 Å². The van der Waals surface area contributed by atoms with Gasteiger partial charge >= 0.3 is 0 Å². The summed E-state index contributed by atoms with van der Waals surface area (Å²) in [6, 6.07) is 0.685. The van der Waals surface area contributed by atoms with E-state index in [1.807, 2.05) is 0 Å². The topological polar surface area (TPSA) is 12.0 Å². The SMILES string of the molecule is CCC(C)NCC1(SC)CCCC1. The molecule has 0 aromatic rings. The molecule has 1 saturated carbocycles. The highest BCUT2D eigenvalue weighted by Crippen LogP contribution is 2.39. The van der Waals surface area contributed by atoms with Crippen molar-refractivity contribution in [1.29, 1.82) is 0 Å². The Morgan fingerprint density at radius 1 is 1.38 bits per heavy atom. The lowest BCUT2D eigenvalue weighted by Crippen LogP contribution is -2.39. The minimum Gasteiger partial charge on any atom is -0.313 e. The standard InChI is InChI=1S/C11H23NS/c1-4-10(2)12-9-11(13-3)7-5-6-8-11/h10,12H,4-9H2,1-3H3. The maximum Gasteiger partial charge on any atom is 0.0281 e. The molecule has 1 nitrogen and oxygen atoms in total. The number of thioether (sulfide) groups is 1. The van der Waals surface area contributed by atoms with Crippen molar-refractivity contribution in [1.82, 2.24) is 5.32 Å². The first-order valence-electron chi connectivity index (χ1n) is 5.51. The van der Waals surface area contributed by atoms with E-state index in [4.69, 9.17) is 0 Å². The Labute approximate surface area is 87.1 Å². The van der Waals surface area contributed by atoms with Gasteiger partial charge in [0.05, 0.1) is 0 Å². The Kier molecular flexibility index (Phi) is 4.60. The van der Waals surface area contributed by atoms with Crippen LogP contribution >= 0.6 is 11.8 Å². The molecule has 78 valence electrons. The van der Waals surface area contributed by atoms with Crippen LogP contribution in [0.2, 0.25) is 0 Å². The second-order valence-corrected chi connectivity index (χ2v) is 5.56. The molecule has 0 aliphatic heterocycles. The lowest BCUT2D eigenvalue weighted by Gasteiger charge is -2.28. The lowest BCUT2D eigenvalue weighted by atomic mass is 10.1. The smallest absolute Gasteiger partial charge is 0.0281 e. The summed E-state index contributed by atoms with van der Waals surface area (Å²) >= 11 is 2.07. The van der Waals surface area contributed by atoms with E-state index in [0.29, 0.717) is 10.8 Å². The highest BCUT2D eigenvalue weighted by atomic mass is 32.2. The Bertz CT molecular complexity index is 141. The molecule has 1 aliphatic carbocycles. The fourth-order valence-electron chi connectivity index (χ4n) is 1.98. The molecule has 0 heterocycles. The summed E-state index contributed by atoms with van der Waals surface area (Å²) < 4.78 is 0.573. The molecule has 13 heavy (non-hydrogen) atoms. The number of hydrogen-bond donors (Lipinski definition) is 1. The van der Waals surface area contributed by atoms with E-state index >= 15 is 0 Å². The van der Waals surface area contributed by atoms with Gasteiger partial charge in [0.15, 0.2) is 0 Å². The van der Waals surface area contributed by atoms with Gasteiger partial charge in [-0.25, -0.2) is 0 Å². The van der Waals surface area contributed by atoms with Crippen molar-refractivity contribution in [2.24, 2.45) is 0 Å². The molecule has 2 heteroatoms. The van der Waals surface area contributed by atoms with E-state index in [0.717, 1.165) is 0 Å². The van der Waals surface area contributed by atoms with Crippen LogP contribution in [0.4, 0.5) is 0 Å². The fourth-order valence-corrected chi connectivity index (χ4v) is 2.90. The van der Waals surface area contributed by atoms with Crippen LogP contribution in [-0.4, -0.2) is 23.6 Å². The van der Waals surface area contributed by atoms with Gasteiger partial charge < -0.3 is 5.32 Å². The average Bonchev–Trinajstić information content (AvgIpc) is 2.63. The molecule has 0 aromatic carbocycles. The van der Waals surface area contributed by atoms with Crippen LogP contribution < -0.4 is 5.32 Å². The zero-order chi connectivity index (χ0) is 9.73. The Hall–Kier alpha value is 0.310. The van der Waals surface area contributed by atoms with Gasteiger partial charge in [0, 0.05) is 17.3 Å². The van der Waals surface area contributed by atoms with E-state index in [2.05, 4.69) is 37.2 Å². The molecule has 1 atom stereocenters. The molecule has 1 aliphatic rings. The van der Waals surface area contributed by atoms with Crippen LogP contribution in [0.3, 0.4) is 0 Å². The van der Waals surface area contributed by atoms with Gasteiger partial charge in [0.25, 0.3) is 0 Å². The predicted octanol–water partition coefficient (Wildman–Crippen LogP) is 3.05. The van der Waals surface area contributed by atoms with Crippen molar-refractivity contribution in [3.63, 3.8) is 0 Å². The first-order chi connectivity index (χ1) is 6.22. The van der Waals surface area contributed by atoms with Gasteiger partial charge in [0.1, 0.15) is 0 Å². The summed E-state index contributed by atoms with van der Waals surface area (Å²) in [4.78, 5) is 0. The van der Waals surface area contributed by atoms with E-state index in [-0.39, 0.29) is 0 Å². The summed E-state index contributed by atoms with van der Waals surface area (Å²) in [5, 5.41) is 3.65. The first kappa shape index (κ1) is 11.4. The van der Waals surface area contributed by atoms with E-state index in [1.165, 1.54) is 38.6 Å². The zero-order valence-corrected chi connectivity index (χ0v) is 10.0. The lowest BCUT2D eigenvalue weighted by molar-refractivity contribution is 0.468. The zero-order valence-electron chi connectivity index (χ0n) is 9.23. The van der Waals surface area contributed by atoms with Crippen molar-refractivity contribution in [2.45, 2.75) is 56.7 Å². The summed E-state index contributed by atoms with van der Waals surface area (Å²) in [6.07, 6.45) is 9.20. The third-order valence-corrected chi connectivity index (χ3v) is 4.75. The summed E-state index contributed by atoms with van der Waals surface area (Å²) in [5.74, 6) is 0. The van der Waals surface area contributed by atoms with Crippen LogP contribution in [0.1, 0.15) is 46.0 Å². The van der Waals surface area contributed by atoms with Gasteiger partial charge in [-0.1, -0.05) is 19.8 Å². The fraction of sp³-hybridized carbons (Fsp3) is 1.00. The third kappa shape index (κ3) is 3.17. The van der Waals surface area contributed by atoms with Crippen molar-refractivity contribution in [3.05, 3.63) is 0 Å². The van der Waals surface area contributed by atoms with E-state index in [1.54, 1.807) is 0 Å². The molecular weight excluding hydrogens is 178 g/mol. The minimum absolute atomic E-state index is 0.573. The molecule has 1 N–H and O–H groups in total. The minimum atomic E-state index is 0.573. The van der Waals surface area contributed by atoms with Crippen LogP contribution in [0.15, 0.2) is 0 Å². The van der Waals surface area contributed by atoms with Crippen molar-refractivity contribution < 1.29 is 0 Å². The van der Waals surface area contributed by atoms with Gasteiger partial charge in [-0.2, -0.15) is 11.8 Å². The number of hydrogen-bond acceptors (Lipinski definition) is 2. The van der Waals surface area contributed by atoms with Gasteiger partial charge in [-0.15, -0.1) is 0 Å². The van der Waals surface area contributed by atoms with Gasteiger partial charge in [-0.3, -0.25) is 0 Å². The molecule has 0 saturated heterocycles. The first-order valence-corrected chi connectivity index (χ1v) is 6.73. The van der Waals surface area contributed by atoms with Crippen LogP contribution in [-0.2, 0) is 0 Å². The maximum absolute atomic E-state index is 3.65. The van der Waals surface area contributed by atoms with Crippen molar-refractivity contribution in [2.75, 3.05) is 12.8 Å². The molecule has 0 bridgehead atoms. The monoisotopic (exact) mass is 201 g/mol. The molecule has 1 fully saturated rings. The average molecular weight is 201 g/mol. The van der Waals surface area contributed by atoms with E-state index < -0.39 is 0 Å². The highest BCUT2D eigenvalue weighted by molar-refractivity contribution is 8.00. The maximum atomic E-state index is 3.65. The molecule has 0 amide bonds. The van der Waals surface area contributed by atoms with E-state index in [9.17, 15) is 0 Å². The Morgan fingerprint density at radius 3 is 2.46 bits per heavy atom. The number of rotatable bonds is 5. The van der Waals surface area contributed by atoms with Crippen LogP contribution in [0, 0.1) is 0 Å². The quantitative estimate of drug-likeness (QED) is 0.734. The highest BCUT2D eigenvalue weighted by Gasteiger charge is 2.32. The Balaban J connectivity index is 2.31. The second-order valence-electron chi connectivity index (χ2n) is 4.28. The van der Waals surface area contributed by atoms with Crippen LogP contribution in [0.25, 0.3) is 0 Å². The molecule has 0 aromatic heterocycles. The van der Waals surface area contributed by atoms with Crippen molar-refractivity contribution >= 4 is 11.8 Å². The number of nitrogens with one attached hydrogen (secondary N) is 1. The molecule has 0 spiro atoms. The summed E-state index contributed by atoms with van der Waals surface area (Å²) in [6.45, 7) is 5.74. The largest absolute Gasteiger partial charge is 0.313 e. The van der Waals surface area contributed by atoms with Crippen LogP contribution in [0.5, 0.6) is 0 Å². The third-order valence-electron chi connectivity index (χ3n) is 3.33. The summed E-state index contributed by atoms with van der Waals surface area (Å²) in [5.41, 5.74) is 0. The predicted molar refractivity (Wildman–Crippen MR) is 62.5 cm³/mol. The second kappa shape index (κ2) is 5.26. The molecule has 1 unspecified atom stereocenters. The molecule has 1 rings (SSSR count). The molecule has 0 radical (unpaired) electrons. The van der Waals surface area contributed by atoms with Gasteiger partial charge in [0.2, 0.25) is 0 Å². The molecular formula is C11H23NS. The normalized spacial score (nSPS) is 23.3. The van der Waals surface area contributed by atoms with Gasteiger partial charge in [-0.05, 0) is 32.4 Å². The summed E-state index contributed by atoms with van der Waals surface area (Å²) in [7, 11) is 0.